The van der Waals surface area contributed by atoms with Crippen molar-refractivity contribution in [2.45, 2.75) is 19.3 Å². The summed E-state index contributed by atoms with van der Waals surface area (Å²) in [6, 6.07) is 1.75. The Labute approximate surface area is 87.4 Å². The Morgan fingerprint density at radius 1 is 1.40 bits per heavy atom. The van der Waals surface area contributed by atoms with Crippen LogP contribution in [0.4, 0.5) is 5.82 Å². The molecular formula is C10H12N4O. The molecule has 1 aliphatic rings. The molecule has 78 valence electrons. The third-order valence-electron chi connectivity index (χ3n) is 2.58. The van der Waals surface area contributed by atoms with Crippen molar-refractivity contribution in [2.75, 3.05) is 18.0 Å². The van der Waals surface area contributed by atoms with E-state index in [2.05, 4.69) is 14.9 Å². The zero-order valence-electron chi connectivity index (χ0n) is 8.36. The quantitative estimate of drug-likeness (QED) is 0.728. The Balaban J connectivity index is 2.26. The summed E-state index contributed by atoms with van der Waals surface area (Å²) in [5.41, 5.74) is -0.476. The first-order chi connectivity index (χ1) is 7.31. The molecule has 0 amide bonds. The molecule has 15 heavy (non-hydrogen) atoms. The maximum Gasteiger partial charge on any atom is 0.286 e. The maximum atomic E-state index is 11.3. The van der Waals surface area contributed by atoms with Crippen LogP contribution in [0.25, 0.3) is 0 Å². The third-order valence-corrected chi connectivity index (χ3v) is 2.58. The lowest BCUT2D eigenvalue weighted by molar-refractivity contribution is 0.572. The van der Waals surface area contributed by atoms with Gasteiger partial charge in [0, 0.05) is 13.1 Å². The van der Waals surface area contributed by atoms with Gasteiger partial charge in [0.15, 0.2) is 0 Å². The van der Waals surface area contributed by atoms with Gasteiger partial charge in [0.2, 0.25) is 5.69 Å². The fourth-order valence-corrected chi connectivity index (χ4v) is 1.77. The smallest absolute Gasteiger partial charge is 0.286 e. The van der Waals surface area contributed by atoms with Crippen LogP contribution in [0.15, 0.2) is 11.0 Å². The first-order valence-corrected chi connectivity index (χ1v) is 5.05. The number of nitrogens with one attached hydrogen (secondary N) is 1. The van der Waals surface area contributed by atoms with Gasteiger partial charge in [0.05, 0.1) is 6.20 Å². The SMILES string of the molecule is N#Cc1ncc(N2CCCCC2)[nH]c1=O. The molecule has 0 aromatic carbocycles. The van der Waals surface area contributed by atoms with Gasteiger partial charge in [0.25, 0.3) is 5.56 Å². The Hall–Kier alpha value is -1.83. The molecule has 1 aromatic heterocycles. The normalized spacial score (nSPS) is 16.1. The molecular weight excluding hydrogens is 192 g/mol. The molecule has 1 aliphatic heterocycles. The summed E-state index contributed by atoms with van der Waals surface area (Å²) >= 11 is 0. The molecule has 1 fully saturated rings. The fourth-order valence-electron chi connectivity index (χ4n) is 1.77. The number of aromatic amines is 1. The van der Waals surface area contributed by atoms with Crippen molar-refractivity contribution < 1.29 is 0 Å². The maximum absolute atomic E-state index is 11.3. The minimum atomic E-state index is -0.402. The van der Waals surface area contributed by atoms with E-state index in [-0.39, 0.29) is 5.69 Å². The minimum absolute atomic E-state index is 0.0734. The van der Waals surface area contributed by atoms with Gasteiger partial charge < -0.3 is 9.88 Å². The van der Waals surface area contributed by atoms with Crippen molar-refractivity contribution in [3.05, 3.63) is 22.2 Å². The highest BCUT2D eigenvalue weighted by Crippen LogP contribution is 2.14. The highest BCUT2D eigenvalue weighted by molar-refractivity contribution is 5.37. The van der Waals surface area contributed by atoms with Crippen molar-refractivity contribution in [2.24, 2.45) is 0 Å². The third kappa shape index (κ3) is 1.99. The van der Waals surface area contributed by atoms with E-state index in [0.717, 1.165) is 31.7 Å². The number of anilines is 1. The number of aromatic nitrogens is 2. The average molecular weight is 204 g/mol. The van der Waals surface area contributed by atoms with Crippen molar-refractivity contribution >= 4 is 5.82 Å². The molecule has 1 N–H and O–H groups in total. The summed E-state index contributed by atoms with van der Waals surface area (Å²) in [6.45, 7) is 1.90. The highest BCUT2D eigenvalue weighted by Gasteiger charge is 2.12. The van der Waals surface area contributed by atoms with Crippen molar-refractivity contribution in [1.82, 2.24) is 9.97 Å². The zero-order valence-corrected chi connectivity index (χ0v) is 8.36. The number of hydrogen-bond donors (Lipinski definition) is 1. The van der Waals surface area contributed by atoms with E-state index < -0.39 is 5.56 Å². The lowest BCUT2D eigenvalue weighted by Gasteiger charge is -2.27. The number of nitriles is 1. The Morgan fingerprint density at radius 2 is 2.13 bits per heavy atom. The molecule has 0 saturated carbocycles. The molecule has 1 saturated heterocycles. The standard InChI is InChI=1S/C10H12N4O/c11-6-8-10(15)13-9(7-12-8)14-4-2-1-3-5-14/h7H,1-5H2,(H,13,15). The molecule has 0 atom stereocenters. The predicted molar refractivity (Wildman–Crippen MR) is 55.6 cm³/mol. The van der Waals surface area contributed by atoms with Gasteiger partial charge in [-0.15, -0.1) is 0 Å². The second-order valence-electron chi connectivity index (χ2n) is 3.61. The van der Waals surface area contributed by atoms with Crippen LogP contribution in [-0.2, 0) is 0 Å². The number of piperidine rings is 1. The molecule has 5 nitrogen and oxygen atoms in total. The first kappa shape index (κ1) is 9.71. The summed E-state index contributed by atoms with van der Waals surface area (Å²) in [4.78, 5) is 20.0. The van der Waals surface area contributed by atoms with E-state index in [9.17, 15) is 4.79 Å². The molecule has 5 heteroatoms. The molecule has 2 rings (SSSR count). The van der Waals surface area contributed by atoms with E-state index in [1.54, 1.807) is 12.3 Å². The lowest BCUT2D eigenvalue weighted by atomic mass is 10.1. The van der Waals surface area contributed by atoms with Crippen LogP contribution in [0.2, 0.25) is 0 Å². The van der Waals surface area contributed by atoms with Crippen LogP contribution in [0, 0.1) is 11.3 Å². The lowest BCUT2D eigenvalue weighted by Crippen LogP contribution is -2.32. The average Bonchev–Trinajstić information content (AvgIpc) is 2.30. The van der Waals surface area contributed by atoms with Gasteiger partial charge in [-0.2, -0.15) is 5.26 Å². The van der Waals surface area contributed by atoms with Gasteiger partial charge in [-0.3, -0.25) is 4.79 Å². The monoisotopic (exact) mass is 204 g/mol. The van der Waals surface area contributed by atoms with Crippen LogP contribution < -0.4 is 10.5 Å². The van der Waals surface area contributed by atoms with Crippen LogP contribution in [0.1, 0.15) is 25.0 Å². The number of hydrogen-bond acceptors (Lipinski definition) is 4. The van der Waals surface area contributed by atoms with Crippen molar-refractivity contribution in [1.29, 1.82) is 5.26 Å². The molecule has 2 heterocycles. The molecule has 1 aromatic rings. The van der Waals surface area contributed by atoms with Gasteiger partial charge in [0.1, 0.15) is 11.9 Å². The molecule has 0 bridgehead atoms. The Kier molecular flexibility index (Phi) is 2.68. The van der Waals surface area contributed by atoms with Crippen LogP contribution in [0.3, 0.4) is 0 Å². The van der Waals surface area contributed by atoms with Gasteiger partial charge in [-0.05, 0) is 19.3 Å². The van der Waals surface area contributed by atoms with Gasteiger partial charge in [-0.25, -0.2) is 4.98 Å². The highest BCUT2D eigenvalue weighted by atomic mass is 16.1. The Morgan fingerprint density at radius 3 is 2.73 bits per heavy atom. The second-order valence-corrected chi connectivity index (χ2v) is 3.61. The van der Waals surface area contributed by atoms with Crippen molar-refractivity contribution in [3.63, 3.8) is 0 Å². The summed E-state index contributed by atoms with van der Waals surface area (Å²) in [7, 11) is 0. The van der Waals surface area contributed by atoms with E-state index in [4.69, 9.17) is 5.26 Å². The Bertz CT molecular complexity index is 439. The number of H-pyrrole nitrogens is 1. The van der Waals surface area contributed by atoms with Gasteiger partial charge in [-0.1, -0.05) is 0 Å². The summed E-state index contributed by atoms with van der Waals surface area (Å²) in [5.74, 6) is 0.721. The van der Waals surface area contributed by atoms with Gasteiger partial charge >= 0.3 is 0 Å². The zero-order chi connectivity index (χ0) is 10.7. The predicted octanol–water partition coefficient (Wildman–Crippen LogP) is 0.632. The van der Waals surface area contributed by atoms with Crippen molar-refractivity contribution in [3.8, 4) is 6.07 Å². The molecule has 0 radical (unpaired) electrons. The number of nitrogens with zero attached hydrogens (tertiary/aromatic N) is 3. The second kappa shape index (κ2) is 4.13. The van der Waals surface area contributed by atoms with E-state index in [1.165, 1.54) is 6.42 Å². The topological polar surface area (TPSA) is 72.8 Å². The van der Waals surface area contributed by atoms with E-state index in [1.807, 2.05) is 0 Å². The first-order valence-electron chi connectivity index (χ1n) is 5.05. The van der Waals surface area contributed by atoms with E-state index >= 15 is 0 Å². The largest absolute Gasteiger partial charge is 0.357 e. The number of rotatable bonds is 1. The summed E-state index contributed by atoms with van der Waals surface area (Å²) in [6.07, 6.45) is 5.08. The summed E-state index contributed by atoms with van der Waals surface area (Å²) < 4.78 is 0. The van der Waals surface area contributed by atoms with E-state index in [0.29, 0.717) is 0 Å². The molecule has 0 unspecified atom stereocenters. The van der Waals surface area contributed by atoms with Crippen LogP contribution in [-0.4, -0.2) is 23.1 Å². The summed E-state index contributed by atoms with van der Waals surface area (Å²) in [5, 5.41) is 8.57. The minimum Gasteiger partial charge on any atom is -0.357 e. The fraction of sp³-hybridized carbons (Fsp3) is 0.500. The molecule has 0 spiro atoms. The molecule has 0 aliphatic carbocycles. The van der Waals surface area contributed by atoms with Crippen LogP contribution in [0.5, 0.6) is 0 Å². The van der Waals surface area contributed by atoms with Crippen LogP contribution >= 0.6 is 0 Å².